The molecule has 0 aliphatic carbocycles. The molecule has 3 rings (SSSR count). The van der Waals surface area contributed by atoms with Gasteiger partial charge < -0.3 is 0 Å². The third kappa shape index (κ3) is 3.22. The van der Waals surface area contributed by atoms with Crippen LogP contribution in [0.4, 0.5) is 0 Å². The molecule has 3 aromatic rings. The highest BCUT2D eigenvalue weighted by Gasteiger charge is 2.13. The maximum Gasteiger partial charge on any atom is 0.262 e. The number of carbonyl (C=O) groups excluding carboxylic acids is 1. The molecule has 1 amide bonds. The molecule has 3 aromatic heterocycles. The Balaban J connectivity index is 1.76. The zero-order valence-corrected chi connectivity index (χ0v) is 14.2. The van der Waals surface area contributed by atoms with Gasteiger partial charge in [0.05, 0.1) is 17.9 Å². The van der Waals surface area contributed by atoms with Crippen LogP contribution < -0.4 is 11.0 Å². The largest absolute Gasteiger partial charge is 0.289 e. The summed E-state index contributed by atoms with van der Waals surface area (Å²) < 4.78 is 1.30. The van der Waals surface area contributed by atoms with Crippen LogP contribution in [0.25, 0.3) is 10.2 Å². The number of aryl methyl sites for hydroxylation is 2. The predicted molar refractivity (Wildman–Crippen MR) is 93.4 cm³/mol. The number of nitrogens with one attached hydrogen (secondary N) is 1. The molecule has 23 heavy (non-hydrogen) atoms. The topological polar surface area (TPSA) is 76.3 Å². The van der Waals surface area contributed by atoms with Crippen molar-refractivity contribution in [2.24, 2.45) is 5.10 Å². The number of hydrogen-bond acceptors (Lipinski definition) is 6. The van der Waals surface area contributed by atoms with Gasteiger partial charge in [-0.3, -0.25) is 14.2 Å². The monoisotopic (exact) mass is 346 g/mol. The van der Waals surface area contributed by atoms with Crippen molar-refractivity contribution >= 4 is 45.0 Å². The highest BCUT2D eigenvalue weighted by molar-refractivity contribution is 7.18. The van der Waals surface area contributed by atoms with E-state index in [9.17, 15) is 9.59 Å². The Hall–Kier alpha value is -2.32. The Labute approximate surface area is 140 Å². The van der Waals surface area contributed by atoms with Crippen molar-refractivity contribution in [3.63, 3.8) is 0 Å². The molecule has 0 fully saturated rings. The van der Waals surface area contributed by atoms with Crippen molar-refractivity contribution < 1.29 is 4.79 Å². The molecule has 0 atom stereocenters. The van der Waals surface area contributed by atoms with E-state index in [0.29, 0.717) is 10.2 Å². The Kier molecular flexibility index (Phi) is 4.35. The summed E-state index contributed by atoms with van der Waals surface area (Å²) in [7, 11) is 0. The zero-order valence-electron chi connectivity index (χ0n) is 12.6. The minimum absolute atomic E-state index is 0.113. The molecule has 0 spiro atoms. The van der Waals surface area contributed by atoms with Crippen LogP contribution in [-0.4, -0.2) is 21.7 Å². The lowest BCUT2D eigenvalue weighted by Gasteiger charge is -2.04. The number of rotatable bonds is 4. The Morgan fingerprint density at radius 3 is 3.04 bits per heavy atom. The molecule has 1 N–H and O–H groups in total. The molecule has 6 nitrogen and oxygen atoms in total. The van der Waals surface area contributed by atoms with Crippen molar-refractivity contribution in [2.75, 3.05) is 0 Å². The van der Waals surface area contributed by atoms with Gasteiger partial charge in [0.25, 0.3) is 11.5 Å². The molecule has 0 saturated heterocycles. The number of carbonyl (C=O) groups is 1. The van der Waals surface area contributed by atoms with Crippen molar-refractivity contribution in [3.8, 4) is 0 Å². The normalized spacial score (nSPS) is 11.4. The van der Waals surface area contributed by atoms with Crippen molar-refractivity contribution in [3.05, 3.63) is 49.5 Å². The second kappa shape index (κ2) is 6.43. The van der Waals surface area contributed by atoms with Crippen LogP contribution >= 0.6 is 22.7 Å². The predicted octanol–water partition coefficient (Wildman–Crippen LogP) is 2.29. The molecule has 0 radical (unpaired) electrons. The van der Waals surface area contributed by atoms with Gasteiger partial charge in [-0.15, -0.1) is 22.7 Å². The first-order chi connectivity index (χ1) is 11.1. The molecular weight excluding hydrogens is 332 g/mol. The van der Waals surface area contributed by atoms with Crippen molar-refractivity contribution in [1.82, 2.24) is 15.0 Å². The number of fused-ring (bicyclic) bond motifs is 1. The summed E-state index contributed by atoms with van der Waals surface area (Å²) in [6, 6.07) is 3.80. The molecule has 3 heterocycles. The third-order valence-electron chi connectivity index (χ3n) is 3.39. The van der Waals surface area contributed by atoms with E-state index < -0.39 is 0 Å². The van der Waals surface area contributed by atoms with Gasteiger partial charge in [-0.25, -0.2) is 10.4 Å². The molecule has 0 saturated carbocycles. The van der Waals surface area contributed by atoms with E-state index in [1.807, 2.05) is 31.4 Å². The number of nitrogens with zero attached hydrogens (tertiary/aromatic N) is 3. The van der Waals surface area contributed by atoms with Gasteiger partial charge in [0, 0.05) is 9.75 Å². The van der Waals surface area contributed by atoms with Gasteiger partial charge in [0.1, 0.15) is 11.4 Å². The van der Waals surface area contributed by atoms with Gasteiger partial charge in [-0.2, -0.15) is 5.10 Å². The van der Waals surface area contributed by atoms with Crippen LogP contribution in [0, 0.1) is 13.8 Å². The zero-order chi connectivity index (χ0) is 16.4. The van der Waals surface area contributed by atoms with E-state index in [0.717, 1.165) is 15.3 Å². The van der Waals surface area contributed by atoms with Gasteiger partial charge in [0.2, 0.25) is 0 Å². The average Bonchev–Trinajstić information content (AvgIpc) is 3.12. The summed E-state index contributed by atoms with van der Waals surface area (Å²) >= 11 is 3.01. The lowest BCUT2D eigenvalue weighted by atomic mass is 10.2. The number of hydrazone groups is 1. The standard InChI is InChI=1S/C15H14N4O2S2/c1-9-10(2)23-14-13(9)15(21)19(8-16-14)7-12(20)18-17-6-11-4-3-5-22-11/h3-6,8H,7H2,1-2H3,(H,18,20)/b17-6-. The van der Waals surface area contributed by atoms with Gasteiger partial charge in [-0.05, 0) is 30.9 Å². The van der Waals surface area contributed by atoms with E-state index in [-0.39, 0.29) is 18.0 Å². The van der Waals surface area contributed by atoms with Crippen molar-refractivity contribution in [1.29, 1.82) is 0 Å². The second-order valence-electron chi connectivity index (χ2n) is 4.95. The SMILES string of the molecule is Cc1sc2ncn(CC(=O)N/N=C\c3cccs3)c(=O)c2c1C. The molecule has 0 unspecified atom stereocenters. The van der Waals surface area contributed by atoms with E-state index in [4.69, 9.17) is 0 Å². The van der Waals surface area contributed by atoms with Crippen LogP contribution in [0.15, 0.2) is 33.7 Å². The fraction of sp³-hybridized carbons (Fsp3) is 0.200. The van der Waals surface area contributed by atoms with Gasteiger partial charge in [0.15, 0.2) is 0 Å². The van der Waals surface area contributed by atoms with Crippen LogP contribution in [0.3, 0.4) is 0 Å². The van der Waals surface area contributed by atoms with Crippen LogP contribution in [0.2, 0.25) is 0 Å². The second-order valence-corrected chi connectivity index (χ2v) is 7.13. The molecule has 0 aliphatic heterocycles. The first-order valence-corrected chi connectivity index (χ1v) is 8.56. The summed E-state index contributed by atoms with van der Waals surface area (Å²) in [4.78, 5) is 31.4. The Bertz CT molecular complexity index is 938. The van der Waals surface area contributed by atoms with Gasteiger partial charge in [-0.1, -0.05) is 6.07 Å². The number of aromatic nitrogens is 2. The molecule has 8 heteroatoms. The lowest BCUT2D eigenvalue weighted by Crippen LogP contribution is -2.30. The molecule has 0 aromatic carbocycles. The molecular formula is C15H14N4O2S2. The lowest BCUT2D eigenvalue weighted by molar-refractivity contribution is -0.121. The van der Waals surface area contributed by atoms with E-state index in [1.165, 1.54) is 33.6 Å². The van der Waals surface area contributed by atoms with Crippen molar-refractivity contribution in [2.45, 2.75) is 20.4 Å². The fourth-order valence-corrected chi connectivity index (χ4v) is 3.68. The van der Waals surface area contributed by atoms with Gasteiger partial charge >= 0.3 is 0 Å². The summed E-state index contributed by atoms with van der Waals surface area (Å²) in [5, 5.41) is 6.39. The van der Waals surface area contributed by atoms with E-state index in [2.05, 4.69) is 15.5 Å². The Morgan fingerprint density at radius 1 is 1.48 bits per heavy atom. The summed E-state index contributed by atoms with van der Waals surface area (Å²) in [5.74, 6) is -0.370. The molecule has 118 valence electrons. The van der Waals surface area contributed by atoms with Crippen LogP contribution in [0.1, 0.15) is 15.3 Å². The first kappa shape index (κ1) is 15.6. The molecule has 0 aliphatic rings. The quantitative estimate of drug-likeness (QED) is 0.582. The number of hydrogen-bond donors (Lipinski definition) is 1. The highest BCUT2D eigenvalue weighted by Crippen LogP contribution is 2.25. The minimum atomic E-state index is -0.370. The minimum Gasteiger partial charge on any atom is -0.289 e. The smallest absolute Gasteiger partial charge is 0.262 e. The number of thiophene rings is 2. The maximum absolute atomic E-state index is 12.5. The summed E-state index contributed by atoms with van der Waals surface area (Å²) in [6.07, 6.45) is 2.97. The van der Waals surface area contributed by atoms with Crippen LogP contribution in [-0.2, 0) is 11.3 Å². The highest BCUT2D eigenvalue weighted by atomic mass is 32.1. The Morgan fingerprint density at radius 2 is 2.30 bits per heavy atom. The third-order valence-corrected chi connectivity index (χ3v) is 5.32. The van der Waals surface area contributed by atoms with E-state index >= 15 is 0 Å². The number of amides is 1. The molecule has 0 bridgehead atoms. The maximum atomic E-state index is 12.5. The van der Waals surface area contributed by atoms with E-state index in [1.54, 1.807) is 6.21 Å². The average molecular weight is 346 g/mol. The van der Waals surface area contributed by atoms with Crippen LogP contribution in [0.5, 0.6) is 0 Å². The first-order valence-electron chi connectivity index (χ1n) is 6.87. The summed E-state index contributed by atoms with van der Waals surface area (Å²) in [5.41, 5.74) is 3.14. The summed E-state index contributed by atoms with van der Waals surface area (Å²) in [6.45, 7) is 3.74. The fourth-order valence-electron chi connectivity index (χ4n) is 2.11.